The molecule has 7 nitrogen and oxygen atoms in total. The van der Waals surface area contributed by atoms with E-state index in [2.05, 4.69) is 5.32 Å². The molecule has 0 bridgehead atoms. The molecule has 7 heteroatoms. The van der Waals surface area contributed by atoms with Gasteiger partial charge in [0.1, 0.15) is 0 Å². The first kappa shape index (κ1) is 21.8. The maximum Gasteiger partial charge on any atom is 0.331 e. The van der Waals surface area contributed by atoms with Crippen LogP contribution in [0.2, 0.25) is 0 Å². The second-order valence-corrected chi connectivity index (χ2v) is 6.49. The molecular formula is C22H24N2O5. The minimum Gasteiger partial charge on any atom is -0.449 e. The summed E-state index contributed by atoms with van der Waals surface area (Å²) in [5.74, 6) is -0.977. The van der Waals surface area contributed by atoms with Crippen LogP contribution in [0.3, 0.4) is 0 Å². The van der Waals surface area contributed by atoms with E-state index in [9.17, 15) is 19.7 Å². The quantitative estimate of drug-likeness (QED) is 0.300. The number of nitro groups is 1. The minimum absolute atomic E-state index is 0.117. The lowest BCUT2D eigenvalue weighted by atomic mass is 9.96. The van der Waals surface area contributed by atoms with Crippen LogP contribution in [-0.4, -0.2) is 29.4 Å². The molecule has 2 rings (SSSR count). The highest BCUT2D eigenvalue weighted by Gasteiger charge is 2.18. The number of benzene rings is 2. The van der Waals surface area contributed by atoms with Crippen molar-refractivity contribution in [3.8, 4) is 0 Å². The molecule has 2 aromatic carbocycles. The summed E-state index contributed by atoms with van der Waals surface area (Å²) < 4.78 is 5.10. The number of esters is 1. The number of ether oxygens (including phenoxy) is 1. The molecule has 0 aliphatic rings. The van der Waals surface area contributed by atoms with Crippen LogP contribution >= 0.6 is 0 Å². The van der Waals surface area contributed by atoms with Crippen LogP contribution < -0.4 is 5.32 Å². The SMILES string of the molecule is CC[C@@H](CNC(=O)[C@H](C)OC(=O)/C=C/c1ccccc1[N+](=O)[O-])c1ccccc1. The molecule has 1 amide bonds. The van der Waals surface area contributed by atoms with E-state index < -0.39 is 22.9 Å². The van der Waals surface area contributed by atoms with E-state index >= 15 is 0 Å². The minimum atomic E-state index is -0.980. The van der Waals surface area contributed by atoms with Gasteiger partial charge >= 0.3 is 5.97 Å². The number of amides is 1. The first-order valence-corrected chi connectivity index (χ1v) is 9.37. The highest BCUT2D eigenvalue weighted by Crippen LogP contribution is 2.19. The number of hydrogen-bond donors (Lipinski definition) is 1. The third-order valence-corrected chi connectivity index (χ3v) is 4.48. The maximum atomic E-state index is 12.2. The van der Waals surface area contributed by atoms with Crippen LogP contribution in [0.4, 0.5) is 5.69 Å². The summed E-state index contributed by atoms with van der Waals surface area (Å²) in [6, 6.07) is 15.9. The molecule has 29 heavy (non-hydrogen) atoms. The van der Waals surface area contributed by atoms with Crippen molar-refractivity contribution in [2.75, 3.05) is 6.54 Å². The van der Waals surface area contributed by atoms with Crippen molar-refractivity contribution < 1.29 is 19.2 Å². The third-order valence-electron chi connectivity index (χ3n) is 4.48. The lowest BCUT2D eigenvalue weighted by molar-refractivity contribution is -0.385. The van der Waals surface area contributed by atoms with Crippen LogP contribution in [0, 0.1) is 10.1 Å². The van der Waals surface area contributed by atoms with Gasteiger partial charge in [0.15, 0.2) is 6.10 Å². The van der Waals surface area contributed by atoms with Gasteiger partial charge in [0, 0.05) is 24.6 Å². The van der Waals surface area contributed by atoms with Crippen molar-refractivity contribution >= 4 is 23.6 Å². The van der Waals surface area contributed by atoms with E-state index in [-0.39, 0.29) is 17.2 Å². The zero-order valence-corrected chi connectivity index (χ0v) is 16.4. The molecule has 0 saturated carbocycles. The van der Waals surface area contributed by atoms with Crippen LogP contribution in [0.5, 0.6) is 0 Å². The van der Waals surface area contributed by atoms with Crippen LogP contribution in [0.1, 0.15) is 37.3 Å². The number of carbonyl (C=O) groups is 2. The summed E-state index contributed by atoms with van der Waals surface area (Å²) in [5.41, 5.74) is 1.29. The number of para-hydroxylation sites is 1. The molecule has 0 unspecified atom stereocenters. The van der Waals surface area contributed by atoms with Gasteiger partial charge in [-0.25, -0.2) is 4.79 Å². The molecule has 0 heterocycles. The Hall–Kier alpha value is -3.48. The highest BCUT2D eigenvalue weighted by molar-refractivity contribution is 5.90. The largest absolute Gasteiger partial charge is 0.449 e. The number of nitro benzene ring substituents is 1. The van der Waals surface area contributed by atoms with Crippen molar-refractivity contribution in [1.82, 2.24) is 5.32 Å². The molecule has 152 valence electrons. The number of nitrogens with zero attached hydrogens (tertiary/aromatic N) is 1. The van der Waals surface area contributed by atoms with E-state index in [1.165, 1.54) is 25.1 Å². The van der Waals surface area contributed by atoms with Gasteiger partial charge in [-0.3, -0.25) is 14.9 Å². The van der Waals surface area contributed by atoms with Crippen LogP contribution in [0.15, 0.2) is 60.7 Å². The van der Waals surface area contributed by atoms with E-state index in [1.54, 1.807) is 12.1 Å². The molecule has 1 N–H and O–H groups in total. The predicted octanol–water partition coefficient (Wildman–Crippen LogP) is 3.85. The fourth-order valence-corrected chi connectivity index (χ4v) is 2.81. The zero-order chi connectivity index (χ0) is 21.2. The normalized spacial score (nSPS) is 12.9. The summed E-state index contributed by atoms with van der Waals surface area (Å²) in [6.07, 6.45) is 2.25. The Kier molecular flexibility index (Phi) is 8.09. The van der Waals surface area contributed by atoms with Gasteiger partial charge in [0.25, 0.3) is 11.6 Å². The highest BCUT2D eigenvalue weighted by atomic mass is 16.6. The molecule has 0 aliphatic heterocycles. The molecule has 0 fully saturated rings. The van der Waals surface area contributed by atoms with Gasteiger partial charge in [-0.05, 0) is 31.1 Å². The third kappa shape index (κ3) is 6.57. The summed E-state index contributed by atoms with van der Waals surface area (Å²) in [5, 5.41) is 13.8. The molecule has 0 aliphatic carbocycles. The van der Waals surface area contributed by atoms with Crippen molar-refractivity contribution in [3.63, 3.8) is 0 Å². The number of rotatable bonds is 9. The van der Waals surface area contributed by atoms with Crippen LogP contribution in [-0.2, 0) is 14.3 Å². The second kappa shape index (κ2) is 10.8. The van der Waals surface area contributed by atoms with E-state index in [4.69, 9.17) is 4.74 Å². The number of nitrogens with one attached hydrogen (secondary N) is 1. The summed E-state index contributed by atoms with van der Waals surface area (Å²) in [7, 11) is 0. The molecule has 2 aromatic rings. The van der Waals surface area contributed by atoms with E-state index in [0.717, 1.165) is 18.1 Å². The van der Waals surface area contributed by atoms with Crippen molar-refractivity contribution in [2.24, 2.45) is 0 Å². The monoisotopic (exact) mass is 396 g/mol. The van der Waals surface area contributed by atoms with Gasteiger partial charge in [-0.2, -0.15) is 0 Å². The first-order chi connectivity index (χ1) is 13.9. The molecule has 0 radical (unpaired) electrons. The lowest BCUT2D eigenvalue weighted by Crippen LogP contribution is -2.37. The fourth-order valence-electron chi connectivity index (χ4n) is 2.81. The number of hydrogen-bond acceptors (Lipinski definition) is 5. The Balaban J connectivity index is 1.89. The Bertz CT molecular complexity index is 880. The Morgan fingerprint density at radius 3 is 2.45 bits per heavy atom. The summed E-state index contributed by atoms with van der Waals surface area (Å²) >= 11 is 0. The van der Waals surface area contributed by atoms with E-state index in [0.29, 0.717) is 6.54 Å². The second-order valence-electron chi connectivity index (χ2n) is 6.49. The molecule has 2 atom stereocenters. The van der Waals surface area contributed by atoms with Gasteiger partial charge < -0.3 is 10.1 Å². The van der Waals surface area contributed by atoms with Gasteiger partial charge in [-0.15, -0.1) is 0 Å². The summed E-state index contributed by atoms with van der Waals surface area (Å²) in [6.45, 7) is 3.96. The molecule has 0 aromatic heterocycles. The fraction of sp³-hybridized carbons (Fsp3) is 0.273. The van der Waals surface area contributed by atoms with Gasteiger partial charge in [0.05, 0.1) is 10.5 Å². The first-order valence-electron chi connectivity index (χ1n) is 9.37. The Morgan fingerprint density at radius 2 is 1.79 bits per heavy atom. The van der Waals surface area contributed by atoms with Crippen molar-refractivity contribution in [2.45, 2.75) is 32.3 Å². The Morgan fingerprint density at radius 1 is 1.14 bits per heavy atom. The smallest absolute Gasteiger partial charge is 0.331 e. The average Bonchev–Trinajstić information content (AvgIpc) is 2.73. The molecule has 0 saturated heterocycles. The van der Waals surface area contributed by atoms with Gasteiger partial charge in [-0.1, -0.05) is 49.4 Å². The van der Waals surface area contributed by atoms with Gasteiger partial charge in [0.2, 0.25) is 0 Å². The predicted molar refractivity (Wildman–Crippen MR) is 110 cm³/mol. The topological polar surface area (TPSA) is 98.5 Å². The summed E-state index contributed by atoms with van der Waals surface area (Å²) in [4.78, 5) is 34.7. The van der Waals surface area contributed by atoms with Crippen molar-refractivity contribution in [1.29, 1.82) is 0 Å². The zero-order valence-electron chi connectivity index (χ0n) is 16.4. The lowest BCUT2D eigenvalue weighted by Gasteiger charge is -2.18. The average molecular weight is 396 g/mol. The Labute approximate surface area is 169 Å². The standard InChI is InChI=1S/C22H24N2O5/c1-3-17(18-9-5-4-6-10-18)15-23-22(26)16(2)29-21(25)14-13-19-11-7-8-12-20(19)24(27)28/h4-14,16-17H,3,15H2,1-2H3,(H,23,26)/b14-13+/t16-,17-/m0/s1. The van der Waals surface area contributed by atoms with Crippen molar-refractivity contribution in [3.05, 3.63) is 81.9 Å². The number of carbonyl (C=O) groups excluding carboxylic acids is 2. The van der Waals surface area contributed by atoms with Crippen LogP contribution in [0.25, 0.3) is 6.08 Å². The molecule has 0 spiro atoms. The maximum absolute atomic E-state index is 12.2. The van der Waals surface area contributed by atoms with E-state index in [1.807, 2.05) is 37.3 Å². The molecular weight excluding hydrogens is 372 g/mol.